The molecule has 1 aromatic carbocycles. The molecule has 0 radical (unpaired) electrons. The first-order valence-corrected chi connectivity index (χ1v) is 7.03. The zero-order valence-corrected chi connectivity index (χ0v) is 13.1. The number of hydrogen-bond donors (Lipinski definition) is 1. The van der Waals surface area contributed by atoms with Gasteiger partial charge in [0, 0.05) is 19.5 Å². The number of esters is 1. The van der Waals surface area contributed by atoms with Crippen LogP contribution in [0.1, 0.15) is 35.6 Å². The first-order valence-electron chi connectivity index (χ1n) is 7.03. The Kier molecular flexibility index (Phi) is 5.05. The SMILES string of the molecule is CCc1ccc(C(=O)Nc2nc(CF)n(C)n2)cc1OC(C)=O. The van der Waals surface area contributed by atoms with Gasteiger partial charge in [-0.15, -0.1) is 5.10 Å². The zero-order chi connectivity index (χ0) is 17.0. The third-order valence-electron chi connectivity index (χ3n) is 3.16. The summed E-state index contributed by atoms with van der Waals surface area (Å²) in [7, 11) is 1.53. The number of amides is 1. The van der Waals surface area contributed by atoms with Gasteiger partial charge < -0.3 is 4.74 Å². The van der Waals surface area contributed by atoms with E-state index in [9.17, 15) is 14.0 Å². The van der Waals surface area contributed by atoms with Crippen LogP contribution in [0.15, 0.2) is 18.2 Å². The number of anilines is 1. The van der Waals surface area contributed by atoms with Crippen LogP contribution in [0, 0.1) is 0 Å². The highest BCUT2D eigenvalue weighted by atomic mass is 19.1. The van der Waals surface area contributed by atoms with Crippen LogP contribution in [0.4, 0.5) is 10.3 Å². The fraction of sp³-hybridized carbons (Fsp3) is 0.333. The summed E-state index contributed by atoms with van der Waals surface area (Å²) < 4.78 is 19.0. The van der Waals surface area contributed by atoms with Crippen LogP contribution in [-0.4, -0.2) is 26.6 Å². The van der Waals surface area contributed by atoms with Gasteiger partial charge in [0.25, 0.3) is 5.91 Å². The molecule has 2 rings (SSSR count). The maximum atomic E-state index is 12.6. The smallest absolute Gasteiger partial charge is 0.308 e. The van der Waals surface area contributed by atoms with Gasteiger partial charge >= 0.3 is 5.97 Å². The second-order valence-electron chi connectivity index (χ2n) is 4.83. The number of benzene rings is 1. The fourth-order valence-electron chi connectivity index (χ4n) is 2.00. The quantitative estimate of drug-likeness (QED) is 0.673. The van der Waals surface area contributed by atoms with Gasteiger partial charge in [-0.2, -0.15) is 4.98 Å². The number of nitrogens with zero attached hydrogens (tertiary/aromatic N) is 3. The molecule has 0 fully saturated rings. The highest BCUT2D eigenvalue weighted by Crippen LogP contribution is 2.22. The van der Waals surface area contributed by atoms with Crippen LogP contribution in [0.3, 0.4) is 0 Å². The topological polar surface area (TPSA) is 86.1 Å². The summed E-state index contributed by atoms with van der Waals surface area (Å²) in [6, 6.07) is 4.81. The summed E-state index contributed by atoms with van der Waals surface area (Å²) in [5.41, 5.74) is 1.10. The van der Waals surface area contributed by atoms with Crippen molar-refractivity contribution in [2.45, 2.75) is 26.9 Å². The number of nitrogens with one attached hydrogen (secondary N) is 1. The number of carbonyl (C=O) groups is 2. The van der Waals surface area contributed by atoms with Crippen molar-refractivity contribution in [2.24, 2.45) is 7.05 Å². The Morgan fingerprint density at radius 1 is 1.39 bits per heavy atom. The van der Waals surface area contributed by atoms with E-state index in [1.807, 2.05) is 6.92 Å². The van der Waals surface area contributed by atoms with Crippen molar-refractivity contribution in [3.63, 3.8) is 0 Å². The average Bonchev–Trinajstić information content (AvgIpc) is 2.86. The monoisotopic (exact) mass is 320 g/mol. The second kappa shape index (κ2) is 6.99. The van der Waals surface area contributed by atoms with Crippen molar-refractivity contribution in [2.75, 3.05) is 5.32 Å². The van der Waals surface area contributed by atoms with E-state index >= 15 is 0 Å². The molecular weight excluding hydrogens is 303 g/mol. The number of aromatic nitrogens is 3. The number of rotatable bonds is 5. The van der Waals surface area contributed by atoms with Gasteiger partial charge in [-0.05, 0) is 24.1 Å². The van der Waals surface area contributed by atoms with Gasteiger partial charge in [0.15, 0.2) is 5.82 Å². The predicted molar refractivity (Wildman–Crippen MR) is 80.9 cm³/mol. The van der Waals surface area contributed by atoms with E-state index in [0.29, 0.717) is 12.2 Å². The molecular formula is C15H17FN4O3. The van der Waals surface area contributed by atoms with Gasteiger partial charge in [0.1, 0.15) is 12.4 Å². The highest BCUT2D eigenvalue weighted by molar-refractivity contribution is 6.03. The fourth-order valence-corrected chi connectivity index (χ4v) is 2.00. The van der Waals surface area contributed by atoms with Crippen molar-refractivity contribution in [3.05, 3.63) is 35.2 Å². The minimum absolute atomic E-state index is 0.0127. The Labute approximate surface area is 132 Å². The number of halogens is 1. The lowest BCUT2D eigenvalue weighted by molar-refractivity contribution is -0.131. The third kappa shape index (κ3) is 3.91. The standard InChI is InChI=1S/C15H17FN4O3/c1-4-10-5-6-11(7-12(10)23-9(2)21)14(22)18-15-17-13(8-16)20(3)19-15/h5-7H,4,8H2,1-3H3,(H,18,19,22). The minimum atomic E-state index is -0.777. The number of ether oxygens (including phenoxy) is 1. The van der Waals surface area contributed by atoms with Gasteiger partial charge in [-0.3, -0.25) is 14.9 Å². The summed E-state index contributed by atoms with van der Waals surface area (Å²) in [5.74, 6) is -0.472. The van der Waals surface area contributed by atoms with Crippen LogP contribution in [0.25, 0.3) is 0 Å². The van der Waals surface area contributed by atoms with Crippen LogP contribution < -0.4 is 10.1 Å². The number of carbonyl (C=O) groups excluding carboxylic acids is 2. The Bertz CT molecular complexity index is 742. The predicted octanol–water partition coefficient (Wildman–Crippen LogP) is 2.02. The Hall–Kier alpha value is -2.77. The molecule has 0 bridgehead atoms. The molecule has 7 nitrogen and oxygen atoms in total. The van der Waals surface area contributed by atoms with Crippen molar-refractivity contribution < 1.29 is 18.7 Å². The molecule has 8 heteroatoms. The first kappa shape index (κ1) is 16.6. The van der Waals surface area contributed by atoms with E-state index in [-0.39, 0.29) is 17.3 Å². The molecule has 0 spiro atoms. The van der Waals surface area contributed by atoms with Crippen molar-refractivity contribution in [1.82, 2.24) is 14.8 Å². The lowest BCUT2D eigenvalue weighted by Gasteiger charge is -2.09. The molecule has 0 atom stereocenters. The van der Waals surface area contributed by atoms with Crippen molar-refractivity contribution in [3.8, 4) is 5.75 Å². The molecule has 1 amide bonds. The van der Waals surface area contributed by atoms with Gasteiger partial charge in [-0.25, -0.2) is 9.07 Å². The molecule has 0 aliphatic carbocycles. The lowest BCUT2D eigenvalue weighted by Crippen LogP contribution is -2.14. The largest absolute Gasteiger partial charge is 0.426 e. The summed E-state index contributed by atoms with van der Waals surface area (Å²) >= 11 is 0. The molecule has 2 aromatic rings. The first-order chi connectivity index (χ1) is 10.9. The molecule has 1 heterocycles. The Morgan fingerprint density at radius 2 is 2.13 bits per heavy atom. The Balaban J connectivity index is 2.22. The molecule has 122 valence electrons. The number of aryl methyl sites for hydroxylation is 2. The summed E-state index contributed by atoms with van der Waals surface area (Å²) in [6.07, 6.45) is 0.659. The van der Waals surface area contributed by atoms with Gasteiger partial charge in [0.05, 0.1) is 0 Å². The molecule has 0 aliphatic heterocycles. The molecule has 0 aliphatic rings. The molecule has 0 saturated heterocycles. The van der Waals surface area contributed by atoms with E-state index in [1.165, 1.54) is 24.7 Å². The highest BCUT2D eigenvalue weighted by Gasteiger charge is 2.14. The van der Waals surface area contributed by atoms with E-state index in [0.717, 1.165) is 5.56 Å². The Morgan fingerprint density at radius 3 is 2.70 bits per heavy atom. The molecule has 0 unspecified atom stereocenters. The molecule has 23 heavy (non-hydrogen) atoms. The van der Waals surface area contributed by atoms with Gasteiger partial charge in [0.2, 0.25) is 5.95 Å². The van der Waals surface area contributed by atoms with E-state index in [2.05, 4.69) is 15.4 Å². The van der Waals surface area contributed by atoms with Crippen LogP contribution in [0.5, 0.6) is 5.75 Å². The van der Waals surface area contributed by atoms with E-state index in [1.54, 1.807) is 12.1 Å². The van der Waals surface area contributed by atoms with Crippen molar-refractivity contribution >= 4 is 17.8 Å². The summed E-state index contributed by atoms with van der Waals surface area (Å²) in [4.78, 5) is 27.2. The number of alkyl halides is 1. The normalized spacial score (nSPS) is 10.4. The molecule has 0 saturated carbocycles. The zero-order valence-electron chi connectivity index (χ0n) is 13.1. The minimum Gasteiger partial charge on any atom is -0.426 e. The third-order valence-corrected chi connectivity index (χ3v) is 3.16. The lowest BCUT2D eigenvalue weighted by atomic mass is 10.1. The van der Waals surface area contributed by atoms with Gasteiger partial charge in [-0.1, -0.05) is 13.0 Å². The average molecular weight is 320 g/mol. The summed E-state index contributed by atoms with van der Waals surface area (Å²) in [5, 5.41) is 6.38. The number of hydrogen-bond acceptors (Lipinski definition) is 5. The van der Waals surface area contributed by atoms with Crippen LogP contribution in [0.2, 0.25) is 0 Å². The maximum absolute atomic E-state index is 12.6. The van der Waals surface area contributed by atoms with E-state index in [4.69, 9.17) is 4.74 Å². The summed E-state index contributed by atoms with van der Waals surface area (Å²) in [6.45, 7) is 2.43. The maximum Gasteiger partial charge on any atom is 0.308 e. The second-order valence-corrected chi connectivity index (χ2v) is 4.83. The van der Waals surface area contributed by atoms with Crippen molar-refractivity contribution in [1.29, 1.82) is 0 Å². The molecule has 1 N–H and O–H groups in total. The molecule has 1 aromatic heterocycles. The van der Waals surface area contributed by atoms with Crippen LogP contribution in [-0.2, 0) is 24.9 Å². The van der Waals surface area contributed by atoms with E-state index < -0.39 is 18.6 Å². The van der Waals surface area contributed by atoms with Crippen LogP contribution >= 0.6 is 0 Å².